The van der Waals surface area contributed by atoms with Crippen molar-refractivity contribution in [1.82, 2.24) is 15.3 Å². The SMILES string of the molecule is S=C(NCC1CCCO1)Nc1nc(N2CCCCCC2)cc(N2CCCC2)n1. The fourth-order valence-corrected chi connectivity index (χ4v) is 4.38. The van der Waals surface area contributed by atoms with E-state index in [4.69, 9.17) is 26.9 Å². The molecule has 0 amide bonds. The second-order valence-corrected chi connectivity index (χ2v) is 8.38. The quantitative estimate of drug-likeness (QED) is 0.727. The van der Waals surface area contributed by atoms with Crippen LogP contribution in [0.1, 0.15) is 51.4 Å². The smallest absolute Gasteiger partial charge is 0.232 e. The number of anilines is 3. The lowest BCUT2D eigenvalue weighted by Gasteiger charge is -2.25. The molecule has 8 heteroatoms. The van der Waals surface area contributed by atoms with Crippen molar-refractivity contribution in [3.05, 3.63) is 6.07 Å². The maximum absolute atomic E-state index is 5.66. The normalized spacial score (nSPS) is 22.9. The van der Waals surface area contributed by atoms with Gasteiger partial charge in [0.1, 0.15) is 11.6 Å². The number of hydrogen-bond acceptors (Lipinski definition) is 6. The van der Waals surface area contributed by atoms with Gasteiger partial charge < -0.3 is 25.2 Å². The van der Waals surface area contributed by atoms with Crippen LogP contribution in [0.15, 0.2) is 6.07 Å². The van der Waals surface area contributed by atoms with Crippen molar-refractivity contribution in [2.75, 3.05) is 54.4 Å². The number of ether oxygens (including phenoxy) is 1. The molecule has 3 fully saturated rings. The van der Waals surface area contributed by atoms with Gasteiger partial charge in [0.05, 0.1) is 6.10 Å². The first-order valence-electron chi connectivity index (χ1n) is 10.8. The average molecular weight is 405 g/mol. The Bertz CT molecular complexity index is 652. The summed E-state index contributed by atoms with van der Waals surface area (Å²) in [4.78, 5) is 14.3. The van der Waals surface area contributed by atoms with Gasteiger partial charge in [0.15, 0.2) is 5.11 Å². The van der Waals surface area contributed by atoms with E-state index in [2.05, 4.69) is 26.5 Å². The Morgan fingerprint density at radius 1 is 0.964 bits per heavy atom. The molecule has 7 nitrogen and oxygen atoms in total. The lowest BCUT2D eigenvalue weighted by atomic mass is 10.2. The maximum Gasteiger partial charge on any atom is 0.232 e. The zero-order valence-electron chi connectivity index (χ0n) is 16.7. The molecule has 1 unspecified atom stereocenters. The summed E-state index contributed by atoms with van der Waals surface area (Å²) in [6, 6.07) is 2.16. The highest BCUT2D eigenvalue weighted by Gasteiger charge is 2.20. The first-order chi connectivity index (χ1) is 13.8. The van der Waals surface area contributed by atoms with E-state index in [0.29, 0.717) is 11.1 Å². The van der Waals surface area contributed by atoms with Gasteiger partial charge in [-0.2, -0.15) is 9.97 Å². The minimum Gasteiger partial charge on any atom is -0.376 e. The number of nitrogens with one attached hydrogen (secondary N) is 2. The van der Waals surface area contributed by atoms with Crippen LogP contribution in [0.2, 0.25) is 0 Å². The molecule has 3 aliphatic rings. The molecular weight excluding hydrogens is 372 g/mol. The lowest BCUT2D eigenvalue weighted by Crippen LogP contribution is -2.35. The summed E-state index contributed by atoms with van der Waals surface area (Å²) < 4.78 is 5.66. The van der Waals surface area contributed by atoms with Crippen LogP contribution in [-0.2, 0) is 4.74 Å². The number of thiocarbonyl (C=S) groups is 1. The molecule has 4 heterocycles. The van der Waals surface area contributed by atoms with Gasteiger partial charge in [0, 0.05) is 45.4 Å². The molecule has 2 N–H and O–H groups in total. The van der Waals surface area contributed by atoms with E-state index in [1.807, 2.05) is 0 Å². The van der Waals surface area contributed by atoms with Crippen molar-refractivity contribution in [1.29, 1.82) is 0 Å². The van der Waals surface area contributed by atoms with Crippen LogP contribution >= 0.6 is 12.2 Å². The Kier molecular flexibility index (Phi) is 6.80. The van der Waals surface area contributed by atoms with E-state index >= 15 is 0 Å². The standard InChI is InChI=1S/C20H32N6OS/c28-20(21-15-16-8-7-13-27-16)24-19-22-17(25-9-3-1-2-4-10-25)14-18(23-19)26-11-5-6-12-26/h14,16H,1-13,15H2,(H2,21,22,23,24,28). The highest BCUT2D eigenvalue weighted by Crippen LogP contribution is 2.26. The van der Waals surface area contributed by atoms with E-state index in [0.717, 1.165) is 63.8 Å². The Morgan fingerprint density at radius 2 is 1.57 bits per heavy atom. The first kappa shape index (κ1) is 19.6. The lowest BCUT2D eigenvalue weighted by molar-refractivity contribution is 0.114. The van der Waals surface area contributed by atoms with Gasteiger partial charge in [-0.25, -0.2) is 0 Å². The molecule has 0 bridgehead atoms. The molecule has 1 atom stereocenters. The van der Waals surface area contributed by atoms with Crippen LogP contribution in [0, 0.1) is 0 Å². The molecule has 0 aromatic carbocycles. The van der Waals surface area contributed by atoms with Crippen molar-refractivity contribution < 1.29 is 4.74 Å². The van der Waals surface area contributed by atoms with E-state index < -0.39 is 0 Å². The Labute approximate surface area is 173 Å². The fraction of sp³-hybridized carbons (Fsp3) is 0.750. The van der Waals surface area contributed by atoms with Gasteiger partial charge in [-0.05, 0) is 50.7 Å². The number of nitrogens with zero attached hydrogens (tertiary/aromatic N) is 4. The van der Waals surface area contributed by atoms with Gasteiger partial charge in [0.25, 0.3) is 0 Å². The Morgan fingerprint density at radius 3 is 2.14 bits per heavy atom. The number of hydrogen-bond donors (Lipinski definition) is 2. The summed E-state index contributed by atoms with van der Waals surface area (Å²) in [5.74, 6) is 2.62. The zero-order valence-corrected chi connectivity index (χ0v) is 17.5. The molecule has 3 saturated heterocycles. The van der Waals surface area contributed by atoms with E-state index in [1.165, 1.54) is 38.5 Å². The van der Waals surface area contributed by atoms with E-state index in [9.17, 15) is 0 Å². The molecule has 0 aliphatic carbocycles. The first-order valence-corrected chi connectivity index (χ1v) is 11.2. The van der Waals surface area contributed by atoms with Crippen LogP contribution in [0.25, 0.3) is 0 Å². The van der Waals surface area contributed by atoms with Gasteiger partial charge in [-0.15, -0.1) is 0 Å². The second-order valence-electron chi connectivity index (χ2n) is 7.97. The summed E-state index contributed by atoms with van der Waals surface area (Å²) in [7, 11) is 0. The summed E-state index contributed by atoms with van der Waals surface area (Å²) in [5, 5.41) is 7.04. The summed E-state index contributed by atoms with van der Waals surface area (Å²) in [5.41, 5.74) is 0. The van der Waals surface area contributed by atoms with Crippen molar-refractivity contribution in [2.24, 2.45) is 0 Å². The highest BCUT2D eigenvalue weighted by atomic mass is 32.1. The summed E-state index contributed by atoms with van der Waals surface area (Å²) in [6.07, 6.45) is 10.0. The van der Waals surface area contributed by atoms with E-state index in [1.54, 1.807) is 0 Å². The number of aromatic nitrogens is 2. The molecule has 1 aromatic rings. The van der Waals surface area contributed by atoms with Crippen LogP contribution < -0.4 is 20.4 Å². The molecule has 0 spiro atoms. The predicted octanol–water partition coefficient (Wildman–Crippen LogP) is 2.92. The zero-order chi connectivity index (χ0) is 19.2. The van der Waals surface area contributed by atoms with Gasteiger partial charge in [-0.3, -0.25) is 0 Å². The van der Waals surface area contributed by atoms with Crippen LogP contribution in [-0.4, -0.2) is 60.5 Å². The monoisotopic (exact) mass is 404 g/mol. The van der Waals surface area contributed by atoms with Crippen LogP contribution in [0.4, 0.5) is 17.6 Å². The molecule has 3 aliphatic heterocycles. The minimum absolute atomic E-state index is 0.254. The third-order valence-corrected chi connectivity index (χ3v) is 6.05. The van der Waals surface area contributed by atoms with Crippen LogP contribution in [0.3, 0.4) is 0 Å². The molecule has 4 rings (SSSR count). The molecule has 154 valence electrons. The molecular formula is C20H32N6OS. The summed E-state index contributed by atoms with van der Waals surface area (Å²) in [6.45, 7) is 5.85. The van der Waals surface area contributed by atoms with Crippen molar-refractivity contribution in [2.45, 2.75) is 57.5 Å². The van der Waals surface area contributed by atoms with Crippen LogP contribution in [0.5, 0.6) is 0 Å². The molecule has 0 saturated carbocycles. The Hall–Kier alpha value is -1.67. The fourth-order valence-electron chi connectivity index (χ4n) is 4.21. The maximum atomic E-state index is 5.66. The highest BCUT2D eigenvalue weighted by molar-refractivity contribution is 7.80. The van der Waals surface area contributed by atoms with Crippen molar-refractivity contribution in [3.63, 3.8) is 0 Å². The Balaban J connectivity index is 1.46. The second kappa shape index (κ2) is 9.69. The van der Waals surface area contributed by atoms with Gasteiger partial charge in [0.2, 0.25) is 5.95 Å². The van der Waals surface area contributed by atoms with Gasteiger partial charge >= 0.3 is 0 Å². The largest absolute Gasteiger partial charge is 0.376 e. The third kappa shape index (κ3) is 5.23. The molecule has 28 heavy (non-hydrogen) atoms. The van der Waals surface area contributed by atoms with Crippen molar-refractivity contribution >= 4 is 34.9 Å². The predicted molar refractivity (Wildman–Crippen MR) is 117 cm³/mol. The average Bonchev–Trinajstić information content (AvgIpc) is 3.36. The van der Waals surface area contributed by atoms with E-state index in [-0.39, 0.29) is 6.10 Å². The summed E-state index contributed by atoms with van der Waals surface area (Å²) >= 11 is 5.49. The molecule has 1 aromatic heterocycles. The van der Waals surface area contributed by atoms with Crippen molar-refractivity contribution in [3.8, 4) is 0 Å². The molecule has 0 radical (unpaired) electrons. The topological polar surface area (TPSA) is 65.6 Å². The minimum atomic E-state index is 0.254. The number of rotatable bonds is 5. The van der Waals surface area contributed by atoms with Gasteiger partial charge in [-0.1, -0.05) is 12.8 Å². The third-order valence-electron chi connectivity index (χ3n) is 5.80.